The highest BCUT2D eigenvalue weighted by Crippen LogP contribution is 2.33. The summed E-state index contributed by atoms with van der Waals surface area (Å²) >= 11 is 6.10. The molecule has 1 aliphatic rings. The molecule has 1 fully saturated rings. The van der Waals surface area contributed by atoms with Crippen molar-refractivity contribution in [3.63, 3.8) is 0 Å². The average Bonchev–Trinajstić information content (AvgIpc) is 2.64. The number of benzene rings is 1. The predicted molar refractivity (Wildman–Crippen MR) is 64.4 cm³/mol. The maximum Gasteiger partial charge on any atom is 0.337 e. The first-order valence-electron chi connectivity index (χ1n) is 5.36. The van der Waals surface area contributed by atoms with Gasteiger partial charge in [0.25, 0.3) is 0 Å². The molecule has 0 aromatic heterocycles. The zero-order chi connectivity index (χ0) is 11.7. The topological polar surface area (TPSA) is 40.5 Å². The van der Waals surface area contributed by atoms with Gasteiger partial charge in [-0.3, -0.25) is 0 Å². The van der Waals surface area contributed by atoms with Gasteiger partial charge in [0.2, 0.25) is 0 Å². The summed E-state index contributed by atoms with van der Waals surface area (Å²) in [5, 5.41) is 9.65. The van der Waals surface area contributed by atoms with Crippen LogP contribution in [0.4, 0.5) is 5.69 Å². The van der Waals surface area contributed by atoms with Crippen LogP contribution in [0.5, 0.6) is 0 Å². The first-order chi connectivity index (χ1) is 7.59. The van der Waals surface area contributed by atoms with Gasteiger partial charge in [-0.2, -0.15) is 0 Å². The number of nitrogens with zero attached hydrogens (tertiary/aromatic N) is 1. The minimum atomic E-state index is -0.919. The summed E-state index contributed by atoms with van der Waals surface area (Å²) in [6.07, 6.45) is 1.09. The van der Waals surface area contributed by atoms with Gasteiger partial charge >= 0.3 is 5.97 Å². The third-order valence-corrected chi connectivity index (χ3v) is 3.26. The minimum absolute atomic E-state index is 0.293. The Kier molecular flexibility index (Phi) is 3.06. The largest absolute Gasteiger partial charge is 0.478 e. The summed E-state index contributed by atoms with van der Waals surface area (Å²) in [6.45, 7) is 3.92. The van der Waals surface area contributed by atoms with Crippen LogP contribution in [-0.2, 0) is 0 Å². The molecule has 4 heteroatoms. The highest BCUT2D eigenvalue weighted by molar-refractivity contribution is 6.34. The molecular formula is C12H14ClNO2. The number of carbonyl (C=O) groups is 1. The van der Waals surface area contributed by atoms with Crippen molar-refractivity contribution in [1.82, 2.24) is 0 Å². The molecule has 2 rings (SSSR count). The molecule has 1 aliphatic heterocycles. The average molecular weight is 240 g/mol. The molecule has 1 heterocycles. The molecule has 0 amide bonds. The van der Waals surface area contributed by atoms with Crippen LogP contribution in [0.1, 0.15) is 23.7 Å². The lowest BCUT2D eigenvalue weighted by atomic mass is 10.1. The summed E-state index contributed by atoms with van der Waals surface area (Å²) in [7, 11) is 0. The van der Waals surface area contributed by atoms with Gasteiger partial charge in [0.05, 0.1) is 16.3 Å². The van der Waals surface area contributed by atoms with Crippen molar-refractivity contribution in [2.24, 2.45) is 5.92 Å². The van der Waals surface area contributed by atoms with E-state index in [1.807, 2.05) is 0 Å². The van der Waals surface area contributed by atoms with E-state index in [2.05, 4.69) is 11.8 Å². The van der Waals surface area contributed by atoms with E-state index in [9.17, 15) is 4.79 Å². The van der Waals surface area contributed by atoms with E-state index in [0.717, 1.165) is 19.5 Å². The highest BCUT2D eigenvalue weighted by Gasteiger charge is 2.24. The number of rotatable bonds is 2. The van der Waals surface area contributed by atoms with E-state index < -0.39 is 5.97 Å². The molecule has 86 valence electrons. The van der Waals surface area contributed by atoms with E-state index in [1.165, 1.54) is 0 Å². The first kappa shape index (κ1) is 11.3. The van der Waals surface area contributed by atoms with Crippen molar-refractivity contribution in [2.45, 2.75) is 13.3 Å². The molecule has 1 atom stereocenters. The van der Waals surface area contributed by atoms with Gasteiger partial charge in [-0.25, -0.2) is 4.79 Å². The van der Waals surface area contributed by atoms with E-state index in [0.29, 0.717) is 22.2 Å². The van der Waals surface area contributed by atoms with Crippen molar-refractivity contribution in [3.8, 4) is 0 Å². The van der Waals surface area contributed by atoms with Crippen LogP contribution in [0.3, 0.4) is 0 Å². The Hall–Kier alpha value is -1.22. The number of carboxylic acids is 1. The van der Waals surface area contributed by atoms with Gasteiger partial charge < -0.3 is 10.0 Å². The maximum atomic E-state index is 11.1. The second kappa shape index (κ2) is 4.34. The van der Waals surface area contributed by atoms with Crippen LogP contribution in [0.15, 0.2) is 18.2 Å². The van der Waals surface area contributed by atoms with Crippen LogP contribution in [-0.4, -0.2) is 24.2 Å². The number of aromatic carboxylic acids is 1. The molecule has 16 heavy (non-hydrogen) atoms. The fraction of sp³-hybridized carbons (Fsp3) is 0.417. The normalized spacial score (nSPS) is 20.1. The fourth-order valence-electron chi connectivity index (χ4n) is 2.15. The van der Waals surface area contributed by atoms with Crippen molar-refractivity contribution in [2.75, 3.05) is 18.0 Å². The zero-order valence-electron chi connectivity index (χ0n) is 9.11. The van der Waals surface area contributed by atoms with Gasteiger partial charge in [0, 0.05) is 13.1 Å². The molecule has 0 aliphatic carbocycles. The Balaban J connectivity index is 2.42. The molecule has 0 saturated carbocycles. The SMILES string of the molecule is CC1CCN(c2c(Cl)cccc2C(=O)O)C1. The maximum absolute atomic E-state index is 11.1. The first-order valence-corrected chi connectivity index (χ1v) is 5.74. The molecule has 1 aromatic carbocycles. The Morgan fingerprint density at radius 2 is 2.31 bits per heavy atom. The monoisotopic (exact) mass is 239 g/mol. The van der Waals surface area contributed by atoms with Crippen LogP contribution in [0.25, 0.3) is 0 Å². The van der Waals surface area contributed by atoms with Gasteiger partial charge in [0.1, 0.15) is 0 Å². The number of hydrogen-bond donors (Lipinski definition) is 1. The smallest absolute Gasteiger partial charge is 0.337 e. The van der Waals surface area contributed by atoms with Gasteiger partial charge in [-0.05, 0) is 24.5 Å². The number of anilines is 1. The van der Waals surface area contributed by atoms with E-state index in [-0.39, 0.29) is 0 Å². The summed E-state index contributed by atoms with van der Waals surface area (Å²) in [6, 6.07) is 5.02. The number of para-hydroxylation sites is 1. The van der Waals surface area contributed by atoms with Crippen LogP contribution in [0, 0.1) is 5.92 Å². The molecule has 1 unspecified atom stereocenters. The number of halogens is 1. The van der Waals surface area contributed by atoms with Crippen LogP contribution >= 0.6 is 11.6 Å². The molecule has 3 nitrogen and oxygen atoms in total. The molecule has 0 spiro atoms. The standard InChI is InChI=1S/C12H14ClNO2/c1-8-5-6-14(7-8)11-9(12(15)16)3-2-4-10(11)13/h2-4,8H,5-7H2,1H3,(H,15,16). The third kappa shape index (κ3) is 2.00. The summed E-state index contributed by atoms with van der Waals surface area (Å²) in [5.41, 5.74) is 0.961. The second-order valence-corrected chi connectivity index (χ2v) is 4.69. The number of hydrogen-bond acceptors (Lipinski definition) is 2. The lowest BCUT2D eigenvalue weighted by molar-refractivity contribution is 0.0697. The van der Waals surface area contributed by atoms with Gasteiger partial charge in [-0.15, -0.1) is 0 Å². The Labute approximate surface area is 99.6 Å². The molecule has 0 radical (unpaired) electrons. The Bertz CT molecular complexity index is 419. The van der Waals surface area contributed by atoms with E-state index in [4.69, 9.17) is 16.7 Å². The lowest BCUT2D eigenvalue weighted by Gasteiger charge is -2.21. The van der Waals surface area contributed by atoms with Crippen LogP contribution < -0.4 is 4.90 Å². The van der Waals surface area contributed by atoms with E-state index in [1.54, 1.807) is 18.2 Å². The Morgan fingerprint density at radius 3 is 2.88 bits per heavy atom. The van der Waals surface area contributed by atoms with Crippen LogP contribution in [0.2, 0.25) is 5.02 Å². The van der Waals surface area contributed by atoms with Gasteiger partial charge in [0.15, 0.2) is 0 Å². The van der Waals surface area contributed by atoms with Gasteiger partial charge in [-0.1, -0.05) is 24.6 Å². The molecule has 0 bridgehead atoms. The summed E-state index contributed by atoms with van der Waals surface area (Å²) < 4.78 is 0. The summed E-state index contributed by atoms with van der Waals surface area (Å²) in [5.74, 6) is -0.324. The fourth-order valence-corrected chi connectivity index (χ4v) is 2.44. The molecule has 1 saturated heterocycles. The third-order valence-electron chi connectivity index (χ3n) is 2.96. The van der Waals surface area contributed by atoms with Crippen molar-refractivity contribution in [1.29, 1.82) is 0 Å². The minimum Gasteiger partial charge on any atom is -0.478 e. The predicted octanol–water partition coefficient (Wildman–Crippen LogP) is 2.88. The molecular weight excluding hydrogens is 226 g/mol. The van der Waals surface area contributed by atoms with E-state index >= 15 is 0 Å². The molecule has 1 N–H and O–H groups in total. The molecule has 1 aromatic rings. The number of carboxylic acid groups (broad SMARTS) is 1. The lowest BCUT2D eigenvalue weighted by Crippen LogP contribution is -2.22. The quantitative estimate of drug-likeness (QED) is 0.863. The van der Waals surface area contributed by atoms with Crippen molar-refractivity contribution >= 4 is 23.3 Å². The highest BCUT2D eigenvalue weighted by atomic mass is 35.5. The zero-order valence-corrected chi connectivity index (χ0v) is 9.87. The van der Waals surface area contributed by atoms with Crippen molar-refractivity contribution in [3.05, 3.63) is 28.8 Å². The summed E-state index contributed by atoms with van der Waals surface area (Å²) in [4.78, 5) is 13.2. The second-order valence-electron chi connectivity index (χ2n) is 4.28. The van der Waals surface area contributed by atoms with Crippen molar-refractivity contribution < 1.29 is 9.90 Å². The Morgan fingerprint density at radius 1 is 1.56 bits per heavy atom.